The number of nitrogens with two attached hydrogens (primary N) is 1. The first kappa shape index (κ1) is 15.4. The maximum atomic E-state index is 13.2. The summed E-state index contributed by atoms with van der Waals surface area (Å²) in [7, 11) is -3.80. The van der Waals surface area contributed by atoms with Crippen LogP contribution in [0.3, 0.4) is 0 Å². The van der Waals surface area contributed by atoms with Crippen LogP contribution in [0, 0.1) is 12.7 Å². The van der Waals surface area contributed by atoms with Gasteiger partial charge in [-0.05, 0) is 36.8 Å². The minimum absolute atomic E-state index is 0.0474. The van der Waals surface area contributed by atoms with Gasteiger partial charge >= 0.3 is 0 Å². The fourth-order valence-corrected chi connectivity index (χ4v) is 2.96. The Hall–Kier alpha value is -1.99. The standard InChI is InChI=1S/C14H13FN2O2S2/c1-9-2-5-11(15)8-13(9)17-21(18,19)12-6-3-10(4-7-12)14(16)20/h2-8,17H,1H3,(H2,16,20). The van der Waals surface area contributed by atoms with Gasteiger partial charge in [0.05, 0.1) is 10.6 Å². The molecule has 0 spiro atoms. The van der Waals surface area contributed by atoms with Gasteiger partial charge in [0, 0.05) is 5.56 Å². The van der Waals surface area contributed by atoms with Gasteiger partial charge in [0.1, 0.15) is 10.8 Å². The van der Waals surface area contributed by atoms with Gasteiger partial charge in [-0.1, -0.05) is 30.4 Å². The van der Waals surface area contributed by atoms with Crippen LogP contribution in [0.25, 0.3) is 0 Å². The Morgan fingerprint density at radius 2 is 1.81 bits per heavy atom. The molecule has 0 aliphatic carbocycles. The van der Waals surface area contributed by atoms with Crippen LogP contribution < -0.4 is 10.5 Å². The molecule has 0 saturated heterocycles. The second-order valence-electron chi connectivity index (χ2n) is 4.45. The molecule has 2 rings (SSSR count). The Balaban J connectivity index is 2.34. The summed E-state index contributed by atoms with van der Waals surface area (Å²) < 4.78 is 40.1. The van der Waals surface area contributed by atoms with E-state index in [1.165, 1.54) is 36.4 Å². The minimum atomic E-state index is -3.80. The molecule has 0 heterocycles. The zero-order valence-electron chi connectivity index (χ0n) is 11.1. The molecule has 0 aliphatic heterocycles. The third kappa shape index (κ3) is 3.56. The Kier molecular flexibility index (Phi) is 4.24. The molecular formula is C14H13FN2O2S2. The second-order valence-corrected chi connectivity index (χ2v) is 6.58. The van der Waals surface area contributed by atoms with Crippen molar-refractivity contribution in [2.75, 3.05) is 4.72 Å². The van der Waals surface area contributed by atoms with Gasteiger partial charge in [-0.2, -0.15) is 0 Å². The minimum Gasteiger partial charge on any atom is -0.389 e. The smallest absolute Gasteiger partial charge is 0.261 e. The number of halogens is 1. The van der Waals surface area contributed by atoms with Gasteiger partial charge in [-0.15, -0.1) is 0 Å². The van der Waals surface area contributed by atoms with Crippen LogP contribution in [0.1, 0.15) is 11.1 Å². The summed E-state index contributed by atoms with van der Waals surface area (Å²) >= 11 is 4.81. The highest BCUT2D eigenvalue weighted by Gasteiger charge is 2.15. The van der Waals surface area contributed by atoms with Crippen molar-refractivity contribution in [2.45, 2.75) is 11.8 Å². The first-order valence-corrected chi connectivity index (χ1v) is 7.87. The van der Waals surface area contributed by atoms with Crippen LogP contribution in [0.15, 0.2) is 47.4 Å². The van der Waals surface area contributed by atoms with Crippen molar-refractivity contribution in [1.29, 1.82) is 0 Å². The lowest BCUT2D eigenvalue weighted by Crippen LogP contribution is -2.15. The van der Waals surface area contributed by atoms with Crippen molar-refractivity contribution in [2.24, 2.45) is 5.73 Å². The molecular weight excluding hydrogens is 311 g/mol. The molecule has 0 aliphatic rings. The Morgan fingerprint density at radius 1 is 1.19 bits per heavy atom. The molecule has 0 aromatic heterocycles. The highest BCUT2D eigenvalue weighted by atomic mass is 32.2. The fourth-order valence-electron chi connectivity index (χ4n) is 1.71. The number of sulfonamides is 1. The molecule has 2 aromatic rings. The zero-order valence-corrected chi connectivity index (χ0v) is 12.8. The molecule has 0 fully saturated rings. The molecule has 21 heavy (non-hydrogen) atoms. The number of hydrogen-bond acceptors (Lipinski definition) is 3. The Labute approximate surface area is 127 Å². The first-order chi connectivity index (χ1) is 9.79. The Bertz CT molecular complexity index is 787. The normalized spacial score (nSPS) is 11.1. The molecule has 0 bridgehead atoms. The van der Waals surface area contributed by atoms with Crippen LogP contribution in [0.5, 0.6) is 0 Å². The lowest BCUT2D eigenvalue weighted by Gasteiger charge is -2.11. The Morgan fingerprint density at radius 3 is 2.38 bits per heavy atom. The van der Waals surface area contributed by atoms with Crippen LogP contribution in [-0.4, -0.2) is 13.4 Å². The summed E-state index contributed by atoms with van der Waals surface area (Å²) in [6.07, 6.45) is 0. The average molecular weight is 324 g/mol. The zero-order chi connectivity index (χ0) is 15.6. The number of anilines is 1. The quantitative estimate of drug-likeness (QED) is 0.848. The molecule has 0 saturated carbocycles. The number of hydrogen-bond donors (Lipinski definition) is 2. The van der Waals surface area contributed by atoms with E-state index in [2.05, 4.69) is 4.72 Å². The maximum Gasteiger partial charge on any atom is 0.261 e. The number of rotatable bonds is 4. The van der Waals surface area contributed by atoms with E-state index >= 15 is 0 Å². The van der Waals surface area contributed by atoms with Crippen LogP contribution >= 0.6 is 12.2 Å². The van der Waals surface area contributed by atoms with Crippen molar-refractivity contribution in [1.82, 2.24) is 0 Å². The van der Waals surface area contributed by atoms with E-state index in [-0.39, 0.29) is 15.6 Å². The summed E-state index contributed by atoms with van der Waals surface area (Å²) in [5.74, 6) is -0.512. The van der Waals surface area contributed by atoms with Gasteiger partial charge in [0.2, 0.25) is 0 Å². The lowest BCUT2D eigenvalue weighted by atomic mass is 10.2. The summed E-state index contributed by atoms with van der Waals surface area (Å²) in [6, 6.07) is 9.74. The molecule has 2 aromatic carbocycles. The molecule has 0 radical (unpaired) electrons. The van der Waals surface area contributed by atoms with E-state index < -0.39 is 15.8 Å². The van der Waals surface area contributed by atoms with E-state index in [1.807, 2.05) is 0 Å². The van der Waals surface area contributed by atoms with Gasteiger partial charge in [-0.25, -0.2) is 12.8 Å². The third-order valence-corrected chi connectivity index (χ3v) is 4.51. The number of thiocarbonyl (C=S) groups is 1. The molecule has 110 valence electrons. The van der Waals surface area contributed by atoms with Crippen molar-refractivity contribution in [3.05, 3.63) is 59.4 Å². The van der Waals surface area contributed by atoms with E-state index in [0.717, 1.165) is 6.07 Å². The van der Waals surface area contributed by atoms with E-state index in [0.29, 0.717) is 11.1 Å². The van der Waals surface area contributed by atoms with Crippen LogP contribution in [0.2, 0.25) is 0 Å². The van der Waals surface area contributed by atoms with Crippen LogP contribution in [-0.2, 0) is 10.0 Å². The second kappa shape index (κ2) is 5.79. The largest absolute Gasteiger partial charge is 0.389 e. The van der Waals surface area contributed by atoms with Gasteiger partial charge in [0.25, 0.3) is 10.0 Å². The van der Waals surface area contributed by atoms with Crippen LogP contribution in [0.4, 0.5) is 10.1 Å². The fraction of sp³-hybridized carbons (Fsp3) is 0.0714. The van der Waals surface area contributed by atoms with E-state index in [9.17, 15) is 12.8 Å². The topological polar surface area (TPSA) is 72.2 Å². The summed E-state index contributed by atoms with van der Waals surface area (Å²) in [6.45, 7) is 1.69. The monoisotopic (exact) mass is 324 g/mol. The maximum absolute atomic E-state index is 13.2. The summed E-state index contributed by atoms with van der Waals surface area (Å²) in [5, 5.41) is 0. The van der Waals surface area contributed by atoms with E-state index in [1.54, 1.807) is 6.92 Å². The summed E-state index contributed by atoms with van der Waals surface area (Å²) in [4.78, 5) is 0.235. The van der Waals surface area contributed by atoms with E-state index in [4.69, 9.17) is 18.0 Å². The molecule has 4 nitrogen and oxygen atoms in total. The first-order valence-electron chi connectivity index (χ1n) is 5.98. The lowest BCUT2D eigenvalue weighted by molar-refractivity contribution is 0.601. The average Bonchev–Trinajstić information content (AvgIpc) is 2.43. The van der Waals surface area contributed by atoms with Gasteiger partial charge in [0.15, 0.2) is 0 Å². The highest BCUT2D eigenvalue weighted by Crippen LogP contribution is 2.21. The van der Waals surface area contributed by atoms with Crippen molar-refractivity contribution < 1.29 is 12.8 Å². The number of nitrogens with one attached hydrogen (secondary N) is 1. The SMILES string of the molecule is Cc1ccc(F)cc1NS(=O)(=O)c1ccc(C(N)=S)cc1. The molecule has 3 N–H and O–H groups in total. The third-order valence-electron chi connectivity index (χ3n) is 2.89. The van der Waals surface area contributed by atoms with Crippen molar-refractivity contribution in [3.63, 3.8) is 0 Å². The number of aryl methyl sites for hydroxylation is 1. The molecule has 7 heteroatoms. The highest BCUT2D eigenvalue weighted by molar-refractivity contribution is 7.92. The summed E-state index contributed by atoms with van der Waals surface area (Å²) in [5.41, 5.74) is 6.86. The predicted molar refractivity (Wildman–Crippen MR) is 84.3 cm³/mol. The van der Waals surface area contributed by atoms with Gasteiger partial charge in [-0.3, -0.25) is 4.72 Å². The van der Waals surface area contributed by atoms with Crippen molar-refractivity contribution >= 4 is 32.9 Å². The van der Waals surface area contributed by atoms with Crippen molar-refractivity contribution in [3.8, 4) is 0 Å². The molecule has 0 unspecified atom stereocenters. The predicted octanol–water partition coefficient (Wildman–Crippen LogP) is 2.57. The van der Waals surface area contributed by atoms with Gasteiger partial charge < -0.3 is 5.73 Å². The molecule has 0 atom stereocenters. The molecule has 0 amide bonds. The number of benzene rings is 2.